The lowest BCUT2D eigenvalue weighted by atomic mass is 9.94. The molecule has 1 unspecified atom stereocenters. The average Bonchev–Trinajstić information content (AvgIpc) is 2.94. The van der Waals surface area contributed by atoms with Crippen molar-refractivity contribution >= 4 is 21.8 Å². The standard InChI is InChI=1S/C15H15BrFN3O/c16-14-8-13(18-19-14)11-2-1-7-20(9-11)15(21)10-3-5-12(17)6-4-10/h3-6,8,11H,1-2,7,9H2,(H,18,19). The highest BCUT2D eigenvalue weighted by Crippen LogP contribution is 2.27. The smallest absolute Gasteiger partial charge is 0.253 e. The highest BCUT2D eigenvalue weighted by molar-refractivity contribution is 9.10. The predicted octanol–water partition coefficient (Wildman–Crippen LogP) is 3.33. The molecule has 0 bridgehead atoms. The molecule has 1 aliphatic heterocycles. The van der Waals surface area contributed by atoms with E-state index in [1.165, 1.54) is 24.3 Å². The molecule has 0 saturated carbocycles. The van der Waals surface area contributed by atoms with Crippen molar-refractivity contribution in [2.45, 2.75) is 18.8 Å². The van der Waals surface area contributed by atoms with E-state index in [2.05, 4.69) is 26.1 Å². The van der Waals surface area contributed by atoms with Gasteiger partial charge in [-0.1, -0.05) is 0 Å². The number of carbonyl (C=O) groups is 1. The molecular weight excluding hydrogens is 337 g/mol. The van der Waals surface area contributed by atoms with Gasteiger partial charge in [-0.2, -0.15) is 5.10 Å². The average molecular weight is 352 g/mol. The summed E-state index contributed by atoms with van der Waals surface area (Å²) >= 11 is 3.33. The number of carbonyl (C=O) groups excluding carboxylic acids is 1. The number of likely N-dealkylation sites (tertiary alicyclic amines) is 1. The Kier molecular flexibility index (Phi) is 4.05. The molecule has 4 nitrogen and oxygen atoms in total. The summed E-state index contributed by atoms with van der Waals surface area (Å²) < 4.78 is 13.7. The number of rotatable bonds is 2. The highest BCUT2D eigenvalue weighted by Gasteiger charge is 2.26. The number of hydrogen-bond acceptors (Lipinski definition) is 2. The fraction of sp³-hybridized carbons (Fsp3) is 0.333. The van der Waals surface area contributed by atoms with E-state index in [9.17, 15) is 9.18 Å². The third-order valence-corrected chi connectivity index (χ3v) is 4.21. The van der Waals surface area contributed by atoms with Gasteiger partial charge in [-0.3, -0.25) is 9.89 Å². The number of aromatic amines is 1. The molecule has 0 spiro atoms. The van der Waals surface area contributed by atoms with Crippen molar-refractivity contribution in [3.05, 3.63) is 52.0 Å². The zero-order valence-corrected chi connectivity index (χ0v) is 12.9. The van der Waals surface area contributed by atoms with Crippen molar-refractivity contribution in [3.8, 4) is 0 Å². The van der Waals surface area contributed by atoms with Gasteiger partial charge in [-0.15, -0.1) is 0 Å². The lowest BCUT2D eigenvalue weighted by molar-refractivity contribution is 0.0706. The number of nitrogens with one attached hydrogen (secondary N) is 1. The minimum atomic E-state index is -0.328. The maximum Gasteiger partial charge on any atom is 0.253 e. The van der Waals surface area contributed by atoms with Crippen molar-refractivity contribution in [1.29, 1.82) is 0 Å². The molecule has 1 aliphatic rings. The highest BCUT2D eigenvalue weighted by atomic mass is 79.9. The SMILES string of the molecule is O=C(c1ccc(F)cc1)N1CCCC(c2cc(Br)n[nH]2)C1. The van der Waals surface area contributed by atoms with Crippen molar-refractivity contribution in [2.75, 3.05) is 13.1 Å². The number of benzene rings is 1. The third-order valence-electron chi connectivity index (χ3n) is 3.81. The van der Waals surface area contributed by atoms with Crippen LogP contribution in [0.4, 0.5) is 4.39 Å². The second-order valence-corrected chi connectivity index (χ2v) is 6.06. The Morgan fingerprint density at radius 1 is 1.38 bits per heavy atom. The Bertz CT molecular complexity index is 641. The lowest BCUT2D eigenvalue weighted by Crippen LogP contribution is -2.39. The summed E-state index contributed by atoms with van der Waals surface area (Å²) in [5, 5.41) is 7.07. The molecule has 6 heteroatoms. The number of aromatic nitrogens is 2. The van der Waals surface area contributed by atoms with E-state index in [1.807, 2.05) is 11.0 Å². The van der Waals surface area contributed by atoms with Crippen LogP contribution in [0.2, 0.25) is 0 Å². The first-order valence-electron chi connectivity index (χ1n) is 6.89. The molecule has 21 heavy (non-hydrogen) atoms. The molecule has 1 aromatic carbocycles. The van der Waals surface area contributed by atoms with E-state index >= 15 is 0 Å². The summed E-state index contributed by atoms with van der Waals surface area (Å²) in [6, 6.07) is 7.67. The fourth-order valence-corrected chi connectivity index (χ4v) is 3.05. The molecule has 1 saturated heterocycles. The summed E-state index contributed by atoms with van der Waals surface area (Å²) in [5.41, 5.74) is 1.57. The topological polar surface area (TPSA) is 49.0 Å². The van der Waals surface area contributed by atoms with E-state index < -0.39 is 0 Å². The van der Waals surface area contributed by atoms with Crippen LogP contribution >= 0.6 is 15.9 Å². The van der Waals surface area contributed by atoms with Crippen LogP contribution < -0.4 is 0 Å². The first kappa shape index (κ1) is 14.3. The third kappa shape index (κ3) is 3.15. The number of hydrogen-bond donors (Lipinski definition) is 1. The zero-order valence-electron chi connectivity index (χ0n) is 11.4. The quantitative estimate of drug-likeness (QED) is 0.901. The van der Waals surface area contributed by atoms with Gasteiger partial charge in [-0.05, 0) is 59.1 Å². The van der Waals surface area contributed by atoms with Crippen LogP contribution in [0, 0.1) is 5.82 Å². The largest absolute Gasteiger partial charge is 0.338 e. The van der Waals surface area contributed by atoms with Gasteiger partial charge in [0, 0.05) is 30.3 Å². The van der Waals surface area contributed by atoms with E-state index in [4.69, 9.17) is 0 Å². The van der Waals surface area contributed by atoms with Crippen LogP contribution in [0.3, 0.4) is 0 Å². The Morgan fingerprint density at radius 3 is 2.81 bits per heavy atom. The number of H-pyrrole nitrogens is 1. The summed E-state index contributed by atoms with van der Waals surface area (Å²) in [7, 11) is 0. The number of amides is 1. The Labute approximate surface area is 130 Å². The van der Waals surface area contributed by atoms with Crippen LogP contribution in [0.5, 0.6) is 0 Å². The molecule has 1 aromatic heterocycles. The molecule has 2 heterocycles. The van der Waals surface area contributed by atoms with Crippen LogP contribution in [0.15, 0.2) is 34.9 Å². The molecule has 0 radical (unpaired) electrons. The lowest BCUT2D eigenvalue weighted by Gasteiger charge is -2.32. The molecule has 2 aromatic rings. The van der Waals surface area contributed by atoms with E-state index in [1.54, 1.807) is 0 Å². The second-order valence-electron chi connectivity index (χ2n) is 5.24. The molecule has 3 rings (SSSR count). The van der Waals surface area contributed by atoms with Crippen LogP contribution in [-0.4, -0.2) is 34.1 Å². The normalized spacial score (nSPS) is 18.8. The summed E-state index contributed by atoms with van der Waals surface area (Å²) in [4.78, 5) is 14.3. The Balaban J connectivity index is 1.73. The zero-order chi connectivity index (χ0) is 14.8. The second kappa shape index (κ2) is 5.97. The Morgan fingerprint density at radius 2 is 2.14 bits per heavy atom. The van der Waals surface area contributed by atoms with Crippen molar-refractivity contribution in [2.24, 2.45) is 0 Å². The van der Waals surface area contributed by atoms with Gasteiger partial charge in [0.2, 0.25) is 0 Å². The maximum atomic E-state index is 12.9. The monoisotopic (exact) mass is 351 g/mol. The van der Waals surface area contributed by atoms with Gasteiger partial charge in [0.1, 0.15) is 10.4 Å². The minimum Gasteiger partial charge on any atom is -0.338 e. The molecule has 1 N–H and O–H groups in total. The van der Waals surface area contributed by atoms with Crippen molar-refractivity contribution in [3.63, 3.8) is 0 Å². The minimum absolute atomic E-state index is 0.0433. The van der Waals surface area contributed by atoms with Crippen LogP contribution in [0.1, 0.15) is 34.8 Å². The van der Waals surface area contributed by atoms with E-state index in [0.717, 1.165) is 29.7 Å². The summed E-state index contributed by atoms with van der Waals surface area (Å²) in [5.74, 6) is -0.106. The van der Waals surface area contributed by atoms with Crippen molar-refractivity contribution in [1.82, 2.24) is 15.1 Å². The molecule has 110 valence electrons. The Hall–Kier alpha value is -1.69. The number of nitrogens with zero attached hydrogens (tertiary/aromatic N) is 2. The molecule has 1 atom stereocenters. The summed E-state index contributed by atoms with van der Waals surface area (Å²) in [6.45, 7) is 1.40. The molecule has 1 amide bonds. The molecule has 0 aliphatic carbocycles. The first-order chi connectivity index (χ1) is 10.1. The predicted molar refractivity (Wildman–Crippen MR) is 80.6 cm³/mol. The van der Waals surface area contributed by atoms with Gasteiger partial charge in [0.25, 0.3) is 5.91 Å². The van der Waals surface area contributed by atoms with E-state index in [-0.39, 0.29) is 17.6 Å². The summed E-state index contributed by atoms with van der Waals surface area (Å²) in [6.07, 6.45) is 1.98. The van der Waals surface area contributed by atoms with Gasteiger partial charge >= 0.3 is 0 Å². The number of piperidine rings is 1. The maximum absolute atomic E-state index is 12.9. The molecule has 1 fully saturated rings. The van der Waals surface area contributed by atoms with Gasteiger partial charge in [0.05, 0.1) is 0 Å². The van der Waals surface area contributed by atoms with Gasteiger partial charge in [0.15, 0.2) is 0 Å². The number of halogens is 2. The van der Waals surface area contributed by atoms with Crippen molar-refractivity contribution < 1.29 is 9.18 Å². The molecular formula is C15H15BrFN3O. The van der Waals surface area contributed by atoms with Crippen LogP contribution in [0.25, 0.3) is 0 Å². The van der Waals surface area contributed by atoms with E-state index in [0.29, 0.717) is 12.1 Å². The van der Waals surface area contributed by atoms with Gasteiger partial charge in [-0.25, -0.2) is 4.39 Å². The fourth-order valence-electron chi connectivity index (χ4n) is 2.71. The van der Waals surface area contributed by atoms with Gasteiger partial charge < -0.3 is 4.90 Å². The van der Waals surface area contributed by atoms with Crippen LogP contribution in [-0.2, 0) is 0 Å². The first-order valence-corrected chi connectivity index (χ1v) is 7.68.